The van der Waals surface area contributed by atoms with Crippen LogP contribution in [0, 0.1) is 11.3 Å². The number of hydrogen-bond donors (Lipinski definition) is 1. The fourth-order valence-electron chi connectivity index (χ4n) is 1.22. The summed E-state index contributed by atoms with van der Waals surface area (Å²) in [5.74, 6) is -0.191. The lowest BCUT2D eigenvalue weighted by atomic mass is 10.2. The van der Waals surface area contributed by atoms with Crippen molar-refractivity contribution in [2.24, 2.45) is 5.73 Å². The molecule has 80 valence electrons. The fraction of sp³-hybridized carbons (Fsp3) is 0.444. The summed E-state index contributed by atoms with van der Waals surface area (Å²) in [6, 6.07) is 1.94. The van der Waals surface area contributed by atoms with Gasteiger partial charge in [0, 0.05) is 26.2 Å². The van der Waals surface area contributed by atoms with Crippen molar-refractivity contribution in [3.05, 3.63) is 17.5 Å². The van der Waals surface area contributed by atoms with E-state index >= 15 is 0 Å². The lowest BCUT2D eigenvalue weighted by Gasteiger charge is -2.12. The van der Waals surface area contributed by atoms with Crippen molar-refractivity contribution in [3.63, 3.8) is 0 Å². The molecule has 0 aliphatic heterocycles. The van der Waals surface area contributed by atoms with Crippen LogP contribution in [0.5, 0.6) is 0 Å². The molecule has 1 rings (SSSR count). The van der Waals surface area contributed by atoms with E-state index in [4.69, 9.17) is 11.0 Å². The largest absolute Gasteiger partial charge is 0.343 e. The molecule has 2 N–H and O–H groups in total. The molecule has 0 aliphatic carbocycles. The smallest absolute Gasteiger partial charge is 0.271 e. The van der Waals surface area contributed by atoms with E-state index in [1.165, 1.54) is 15.8 Å². The van der Waals surface area contributed by atoms with E-state index in [2.05, 4.69) is 5.10 Å². The van der Waals surface area contributed by atoms with Gasteiger partial charge in [0.1, 0.15) is 12.2 Å². The van der Waals surface area contributed by atoms with E-state index in [-0.39, 0.29) is 19.0 Å². The first-order valence-corrected chi connectivity index (χ1v) is 4.45. The number of nitrogens with two attached hydrogens (primary N) is 1. The summed E-state index contributed by atoms with van der Waals surface area (Å²) >= 11 is 0. The second-order valence-electron chi connectivity index (χ2n) is 3.24. The lowest BCUT2D eigenvalue weighted by molar-refractivity contribution is 0.0815. The highest BCUT2D eigenvalue weighted by Gasteiger charge is 2.18. The molecular weight excluding hydrogens is 194 g/mol. The van der Waals surface area contributed by atoms with Crippen LogP contribution < -0.4 is 5.73 Å². The van der Waals surface area contributed by atoms with E-state index in [9.17, 15) is 4.79 Å². The molecule has 15 heavy (non-hydrogen) atoms. The second-order valence-corrected chi connectivity index (χ2v) is 3.24. The molecule has 0 spiro atoms. The Morgan fingerprint density at radius 2 is 2.40 bits per heavy atom. The summed E-state index contributed by atoms with van der Waals surface area (Å²) in [6.07, 6.45) is 1.52. The van der Waals surface area contributed by atoms with E-state index in [0.29, 0.717) is 11.3 Å². The van der Waals surface area contributed by atoms with Gasteiger partial charge in [0.25, 0.3) is 5.91 Å². The summed E-state index contributed by atoms with van der Waals surface area (Å²) in [4.78, 5) is 13.2. The number of aromatic nitrogens is 2. The van der Waals surface area contributed by atoms with Gasteiger partial charge >= 0.3 is 0 Å². The Labute approximate surface area is 87.9 Å². The quantitative estimate of drug-likeness (QED) is 0.728. The van der Waals surface area contributed by atoms with Crippen molar-refractivity contribution >= 4 is 5.91 Å². The zero-order valence-electron chi connectivity index (χ0n) is 8.77. The molecule has 1 aromatic heterocycles. The normalized spacial score (nSPS) is 9.73. The minimum atomic E-state index is -0.191. The molecule has 0 aromatic carbocycles. The number of amides is 1. The van der Waals surface area contributed by atoms with Crippen molar-refractivity contribution in [2.45, 2.75) is 13.1 Å². The van der Waals surface area contributed by atoms with Crippen LogP contribution in [-0.4, -0.2) is 34.7 Å². The predicted octanol–water partition coefficient (Wildman–Crippen LogP) is -0.433. The molecule has 0 unspecified atom stereocenters. The van der Waals surface area contributed by atoms with Crippen LogP contribution in [0.25, 0.3) is 0 Å². The molecule has 1 amide bonds. The zero-order valence-corrected chi connectivity index (χ0v) is 8.77. The van der Waals surface area contributed by atoms with Gasteiger partial charge in [-0.25, -0.2) is 4.68 Å². The first kappa shape index (κ1) is 11.2. The summed E-state index contributed by atoms with van der Waals surface area (Å²) in [7, 11) is 3.29. The van der Waals surface area contributed by atoms with Crippen molar-refractivity contribution in [3.8, 4) is 6.07 Å². The van der Waals surface area contributed by atoms with E-state index in [0.717, 1.165) is 0 Å². The molecule has 0 saturated carbocycles. The third kappa shape index (κ3) is 2.14. The SMILES string of the molecule is CN(C)C(=O)c1c(CN)cnn1CC#N. The minimum absolute atomic E-state index is 0.0505. The molecule has 1 heterocycles. The molecule has 0 fully saturated rings. The topological polar surface area (TPSA) is 87.9 Å². The maximum absolute atomic E-state index is 11.8. The molecule has 0 aliphatic rings. The van der Waals surface area contributed by atoms with Gasteiger partial charge in [-0.1, -0.05) is 0 Å². The van der Waals surface area contributed by atoms with E-state index < -0.39 is 0 Å². The van der Waals surface area contributed by atoms with E-state index in [1.54, 1.807) is 14.1 Å². The van der Waals surface area contributed by atoms with Crippen molar-refractivity contribution in [1.29, 1.82) is 5.26 Å². The highest BCUT2D eigenvalue weighted by Crippen LogP contribution is 2.09. The Bertz CT molecular complexity index is 401. The van der Waals surface area contributed by atoms with Crippen LogP contribution in [0.2, 0.25) is 0 Å². The van der Waals surface area contributed by atoms with Crippen LogP contribution in [-0.2, 0) is 13.1 Å². The molecule has 0 bridgehead atoms. The lowest BCUT2D eigenvalue weighted by Crippen LogP contribution is -2.26. The summed E-state index contributed by atoms with van der Waals surface area (Å²) in [5.41, 5.74) is 6.54. The predicted molar refractivity (Wildman–Crippen MR) is 53.7 cm³/mol. The van der Waals surface area contributed by atoms with Crippen molar-refractivity contribution in [1.82, 2.24) is 14.7 Å². The maximum Gasteiger partial charge on any atom is 0.271 e. The van der Waals surface area contributed by atoms with Crippen LogP contribution in [0.15, 0.2) is 6.20 Å². The standard InChI is InChI=1S/C9H13N5O/c1-13(2)9(15)8-7(5-11)6-12-14(8)4-3-10/h6H,4-5,11H2,1-2H3. The molecule has 0 radical (unpaired) electrons. The number of carbonyl (C=O) groups excluding carboxylic acids is 1. The van der Waals surface area contributed by atoms with Crippen LogP contribution in [0.4, 0.5) is 0 Å². The van der Waals surface area contributed by atoms with Crippen LogP contribution >= 0.6 is 0 Å². The number of nitriles is 1. The first-order valence-electron chi connectivity index (χ1n) is 4.45. The molecule has 0 saturated heterocycles. The zero-order chi connectivity index (χ0) is 11.4. The van der Waals surface area contributed by atoms with Gasteiger partial charge in [-0.15, -0.1) is 0 Å². The molecule has 1 aromatic rings. The average Bonchev–Trinajstić information content (AvgIpc) is 2.60. The van der Waals surface area contributed by atoms with Crippen LogP contribution in [0.3, 0.4) is 0 Å². The van der Waals surface area contributed by atoms with Gasteiger partial charge < -0.3 is 10.6 Å². The Kier molecular flexibility index (Phi) is 3.42. The Balaban J connectivity index is 3.17. The first-order chi connectivity index (χ1) is 7.11. The van der Waals surface area contributed by atoms with Gasteiger partial charge in [-0.2, -0.15) is 10.4 Å². The van der Waals surface area contributed by atoms with Gasteiger partial charge in [-0.3, -0.25) is 4.79 Å². The maximum atomic E-state index is 11.8. The van der Waals surface area contributed by atoms with Crippen molar-refractivity contribution in [2.75, 3.05) is 14.1 Å². The number of carbonyl (C=O) groups is 1. The number of nitrogens with zero attached hydrogens (tertiary/aromatic N) is 4. The third-order valence-electron chi connectivity index (χ3n) is 1.96. The van der Waals surface area contributed by atoms with Gasteiger partial charge in [-0.05, 0) is 0 Å². The summed E-state index contributed by atoms with van der Waals surface area (Å²) < 4.78 is 1.37. The number of hydrogen-bond acceptors (Lipinski definition) is 4. The van der Waals surface area contributed by atoms with Gasteiger partial charge in [0.2, 0.25) is 0 Å². The summed E-state index contributed by atoms with van der Waals surface area (Å²) in [5, 5.41) is 12.5. The molecule has 6 heteroatoms. The monoisotopic (exact) mass is 207 g/mol. The van der Waals surface area contributed by atoms with E-state index in [1.807, 2.05) is 6.07 Å². The number of rotatable bonds is 3. The second kappa shape index (κ2) is 4.57. The van der Waals surface area contributed by atoms with Crippen molar-refractivity contribution < 1.29 is 4.79 Å². The highest BCUT2D eigenvalue weighted by molar-refractivity contribution is 5.93. The summed E-state index contributed by atoms with van der Waals surface area (Å²) in [6.45, 7) is 0.287. The fourth-order valence-corrected chi connectivity index (χ4v) is 1.22. The van der Waals surface area contributed by atoms with Crippen LogP contribution in [0.1, 0.15) is 16.1 Å². The molecule has 6 nitrogen and oxygen atoms in total. The molecular formula is C9H13N5O. The minimum Gasteiger partial charge on any atom is -0.343 e. The Morgan fingerprint density at radius 1 is 1.73 bits per heavy atom. The Morgan fingerprint density at radius 3 is 2.87 bits per heavy atom. The average molecular weight is 207 g/mol. The highest BCUT2D eigenvalue weighted by atomic mass is 16.2. The molecule has 0 atom stereocenters. The van der Waals surface area contributed by atoms with Gasteiger partial charge in [0.05, 0.1) is 12.3 Å². The van der Waals surface area contributed by atoms with Gasteiger partial charge in [0.15, 0.2) is 0 Å². The third-order valence-corrected chi connectivity index (χ3v) is 1.96. The Hall–Kier alpha value is -1.87.